The van der Waals surface area contributed by atoms with Crippen LogP contribution in [0.3, 0.4) is 0 Å². The average molecular weight is 1180 g/mol. The van der Waals surface area contributed by atoms with Crippen molar-refractivity contribution in [2.24, 2.45) is 0 Å². The van der Waals surface area contributed by atoms with Gasteiger partial charge in [-0.05, 0) is 169 Å². The van der Waals surface area contributed by atoms with Crippen molar-refractivity contribution in [1.29, 1.82) is 0 Å². The van der Waals surface area contributed by atoms with Crippen molar-refractivity contribution in [3.05, 3.63) is 260 Å². The van der Waals surface area contributed by atoms with Crippen LogP contribution in [0.15, 0.2) is 226 Å². The number of benzene rings is 6. The Morgan fingerprint density at radius 1 is 0.430 bits per heavy atom. The second kappa shape index (κ2) is 24.8. The molecule has 6 heterocycles. The van der Waals surface area contributed by atoms with Crippen molar-refractivity contribution in [3.8, 4) is 51.6 Å². The van der Waals surface area contributed by atoms with Crippen LogP contribution in [0, 0.1) is 0 Å². The highest BCUT2D eigenvalue weighted by atomic mass is 19.4. The first-order valence-corrected chi connectivity index (χ1v) is 25.9. The first-order chi connectivity index (χ1) is 41.3. The number of hydrogen-bond acceptors (Lipinski definition) is 9. The van der Waals surface area contributed by atoms with E-state index in [1.54, 1.807) is 128 Å². The maximum Gasteiger partial charge on any atom is 0.416 e. The molecule has 12 aromatic rings. The first kappa shape index (κ1) is 58.7. The van der Waals surface area contributed by atoms with Crippen LogP contribution in [-0.4, -0.2) is 51.8 Å². The Bertz CT molecular complexity index is 4110. The lowest BCUT2D eigenvalue weighted by atomic mass is 10.1. The van der Waals surface area contributed by atoms with Gasteiger partial charge in [-0.3, -0.25) is 19.7 Å². The van der Waals surface area contributed by atoms with E-state index in [0.29, 0.717) is 45.6 Å². The van der Waals surface area contributed by atoms with E-state index >= 15 is 0 Å². The number of aromatic nitrogens is 6. The van der Waals surface area contributed by atoms with Crippen LogP contribution in [0.4, 0.5) is 39.5 Å². The Balaban J connectivity index is 0.000000143. The Morgan fingerprint density at radius 3 is 1.03 bits per heavy atom. The van der Waals surface area contributed by atoms with Gasteiger partial charge in [-0.1, -0.05) is 12.7 Å². The summed E-state index contributed by atoms with van der Waals surface area (Å²) >= 11 is 0. The van der Waals surface area contributed by atoms with Gasteiger partial charge in [0.25, 0.3) is 0 Å². The molecule has 12 rings (SSSR count). The number of halogens is 9. The summed E-state index contributed by atoms with van der Waals surface area (Å²) < 4.78 is 136. The lowest BCUT2D eigenvalue weighted by Gasteiger charge is -2.10. The number of alkyl halides is 9. The van der Waals surface area contributed by atoms with Crippen LogP contribution >= 0.6 is 0 Å². The van der Waals surface area contributed by atoms with E-state index in [2.05, 4.69) is 21.5 Å². The molecule has 0 saturated heterocycles. The Labute approximate surface area is 483 Å². The summed E-state index contributed by atoms with van der Waals surface area (Å²) in [5.41, 5.74) is 4.95. The van der Waals surface area contributed by atoms with Gasteiger partial charge in [0.2, 0.25) is 0 Å². The molecule has 21 heteroatoms. The molecule has 0 aliphatic heterocycles. The fraction of sp³-hybridized carbons (Fsp3) is 0.0769. The van der Waals surface area contributed by atoms with Gasteiger partial charge in [0.1, 0.15) is 40.6 Å². The molecular formula is C65H45F9N6O6. The van der Waals surface area contributed by atoms with Gasteiger partial charge < -0.3 is 38.1 Å². The molecule has 0 unspecified atom stereocenters. The molecule has 6 aromatic carbocycles. The van der Waals surface area contributed by atoms with Crippen LogP contribution < -0.4 is 14.2 Å². The predicted molar refractivity (Wildman–Crippen MR) is 305 cm³/mol. The number of hydrogen-bond donors (Lipinski definition) is 2. The molecule has 2 N–H and O–H groups in total. The van der Waals surface area contributed by atoms with Gasteiger partial charge in [0, 0.05) is 81.5 Å². The molecule has 0 spiro atoms. The minimum absolute atomic E-state index is 0.291. The van der Waals surface area contributed by atoms with E-state index in [0.717, 1.165) is 98.0 Å². The number of nitrogens with zero attached hydrogens (tertiary/aromatic N) is 6. The second-order valence-corrected chi connectivity index (χ2v) is 18.9. The highest BCUT2D eigenvalue weighted by Gasteiger charge is 2.32. The fourth-order valence-electron chi connectivity index (χ4n) is 9.13. The van der Waals surface area contributed by atoms with Crippen LogP contribution in [-0.2, 0) is 18.5 Å². The molecule has 0 amide bonds. The van der Waals surface area contributed by atoms with Crippen molar-refractivity contribution in [1.82, 2.24) is 28.7 Å². The monoisotopic (exact) mass is 1180 g/mol. The van der Waals surface area contributed by atoms with Gasteiger partial charge >= 0.3 is 18.5 Å². The number of aldehydes is 1. The summed E-state index contributed by atoms with van der Waals surface area (Å²) in [5.74, 6) is 2.41. The van der Waals surface area contributed by atoms with Crippen molar-refractivity contribution in [2.75, 3.05) is 6.61 Å². The number of aliphatic hydroxyl groups excluding tert-OH is 2. The van der Waals surface area contributed by atoms with E-state index in [9.17, 15) is 54.5 Å². The van der Waals surface area contributed by atoms with Gasteiger partial charge in [0.05, 0.1) is 58.4 Å². The summed E-state index contributed by atoms with van der Waals surface area (Å²) in [6.45, 7) is 3.44. The molecule has 0 fully saturated rings. The minimum atomic E-state index is -4.39. The number of aliphatic hydroxyl groups is 2. The summed E-state index contributed by atoms with van der Waals surface area (Å²) in [5, 5.41) is 22.0. The molecule has 0 saturated carbocycles. The molecular weight excluding hydrogens is 1130 g/mol. The number of pyridine rings is 3. The van der Waals surface area contributed by atoms with Crippen LogP contribution in [0.5, 0.6) is 34.5 Å². The van der Waals surface area contributed by atoms with Crippen molar-refractivity contribution in [3.63, 3.8) is 0 Å². The van der Waals surface area contributed by atoms with Crippen molar-refractivity contribution in [2.45, 2.75) is 24.6 Å². The van der Waals surface area contributed by atoms with Crippen LogP contribution in [0.25, 0.3) is 55.8 Å². The molecule has 0 bridgehead atoms. The molecule has 86 heavy (non-hydrogen) atoms. The topological polar surface area (TPSA) is 139 Å². The summed E-state index contributed by atoms with van der Waals surface area (Å²) in [7, 11) is 0. The molecule has 0 aliphatic rings. The van der Waals surface area contributed by atoms with E-state index in [1.165, 1.54) is 36.4 Å². The zero-order valence-electron chi connectivity index (χ0n) is 44.5. The summed E-state index contributed by atoms with van der Waals surface area (Å²) in [6.07, 6.45) is 3.97. The standard InChI is InChI=1S/C22H17F3N2O3.C22H15F3N2O.C21H13F3N2O2/c23-22(24,25)14-1-5-16(6-2-14)30-17-7-3-15(4-8-17)27-12-19(21(29)13-28)18-9-10-26-11-20(18)27;1-2-15-14-27(21-13-26-12-11-20(15)21)17-5-9-19(10-6-17)28-18-7-3-16(4-8-18)22(23,24)25;22-21(23,24)15-1-5-17(6-2-15)28-18-7-3-16(4-8-18)26-12-14(13-27)19-9-10-25-11-20(19)26/h1-12,21,28-29H,13H2;2-14H,1H2;1-13H/t21-;;/m0../s1. The molecule has 0 aliphatic carbocycles. The highest BCUT2D eigenvalue weighted by molar-refractivity contribution is 5.98. The summed E-state index contributed by atoms with van der Waals surface area (Å²) in [4.78, 5) is 23.7. The van der Waals surface area contributed by atoms with Crippen LogP contribution in [0.2, 0.25) is 0 Å². The fourth-order valence-corrected chi connectivity index (χ4v) is 9.13. The number of rotatable bonds is 13. The Hall–Kier alpha value is -10.5. The SMILES string of the molecule is C=Cc1cn(-c2ccc(Oc3ccc(C(F)(F)F)cc3)cc2)c2cnccc12.O=Cc1cn(-c2ccc(Oc3ccc(C(F)(F)F)cc3)cc2)c2cnccc12.OC[C@H](O)c1cn(-c2ccc(Oc3ccc(C(F)(F)F)cc3)cc2)c2cnccc12. The van der Waals surface area contributed by atoms with Gasteiger partial charge in [-0.2, -0.15) is 39.5 Å². The number of carbonyl (C=O) groups excluding carboxylic acids is 1. The first-order valence-electron chi connectivity index (χ1n) is 25.9. The number of ether oxygens (including phenoxy) is 3. The van der Waals surface area contributed by atoms with E-state index in [1.807, 2.05) is 38.1 Å². The second-order valence-electron chi connectivity index (χ2n) is 18.9. The molecule has 12 nitrogen and oxygen atoms in total. The molecule has 434 valence electrons. The largest absolute Gasteiger partial charge is 0.457 e. The molecule has 1 atom stereocenters. The van der Waals surface area contributed by atoms with Crippen molar-refractivity contribution < 1.29 is 68.7 Å². The minimum Gasteiger partial charge on any atom is -0.457 e. The molecule has 0 radical (unpaired) electrons. The smallest absolute Gasteiger partial charge is 0.416 e. The zero-order valence-corrected chi connectivity index (χ0v) is 44.5. The van der Waals surface area contributed by atoms with E-state index in [-0.39, 0.29) is 0 Å². The third-order valence-corrected chi connectivity index (χ3v) is 13.4. The Kier molecular flexibility index (Phi) is 16.9. The van der Waals surface area contributed by atoms with Gasteiger partial charge in [-0.25, -0.2) is 0 Å². The lowest BCUT2D eigenvalue weighted by molar-refractivity contribution is -0.138. The molecule has 6 aromatic heterocycles. The normalized spacial score (nSPS) is 12.0. The third-order valence-electron chi connectivity index (χ3n) is 13.4. The Morgan fingerprint density at radius 2 is 0.721 bits per heavy atom. The summed E-state index contributed by atoms with van der Waals surface area (Å²) in [6, 6.07) is 40.3. The third kappa shape index (κ3) is 13.3. The van der Waals surface area contributed by atoms with Gasteiger partial charge in [0.15, 0.2) is 6.29 Å². The maximum absolute atomic E-state index is 12.7. The van der Waals surface area contributed by atoms with E-state index < -0.39 is 47.9 Å². The maximum atomic E-state index is 12.7. The predicted octanol–water partition coefficient (Wildman–Crippen LogP) is 17.0. The quantitative estimate of drug-likeness (QED) is 0.0853. The highest BCUT2D eigenvalue weighted by Crippen LogP contribution is 2.36. The van der Waals surface area contributed by atoms with Crippen LogP contribution in [0.1, 0.15) is 44.3 Å². The average Bonchev–Trinajstić information content (AvgIpc) is 2.54. The number of carbonyl (C=O) groups is 1. The van der Waals surface area contributed by atoms with Crippen molar-refractivity contribution >= 4 is 45.1 Å². The number of fused-ring (bicyclic) bond motifs is 3. The van der Waals surface area contributed by atoms with E-state index in [4.69, 9.17) is 14.2 Å². The van der Waals surface area contributed by atoms with Gasteiger partial charge in [-0.15, -0.1) is 0 Å². The lowest BCUT2D eigenvalue weighted by Crippen LogP contribution is -2.04. The zero-order chi connectivity index (χ0) is 60.8.